The van der Waals surface area contributed by atoms with E-state index in [2.05, 4.69) is 15.4 Å². The molecule has 0 saturated carbocycles. The van der Waals surface area contributed by atoms with Crippen molar-refractivity contribution in [2.24, 2.45) is 0 Å². The van der Waals surface area contributed by atoms with Gasteiger partial charge in [-0.15, -0.1) is 0 Å². The number of carbonyl (C=O) groups is 1. The van der Waals surface area contributed by atoms with Crippen molar-refractivity contribution >= 4 is 39.1 Å². The van der Waals surface area contributed by atoms with Crippen LogP contribution in [0, 0.1) is 0 Å². The monoisotopic (exact) mass is 353 g/mol. The minimum absolute atomic E-state index is 0.0325. The lowest BCUT2D eigenvalue weighted by Crippen LogP contribution is -2.34. The molecule has 0 radical (unpaired) electrons. The van der Waals surface area contributed by atoms with Crippen LogP contribution in [0.15, 0.2) is 23.1 Å². The van der Waals surface area contributed by atoms with Gasteiger partial charge in [0.2, 0.25) is 15.9 Å². The first-order valence-corrected chi connectivity index (χ1v) is 8.47. The van der Waals surface area contributed by atoms with Gasteiger partial charge in [0, 0.05) is 26.1 Å². The van der Waals surface area contributed by atoms with Crippen molar-refractivity contribution in [2.75, 3.05) is 26.7 Å². The molecule has 0 aromatic heterocycles. The smallest absolute Gasteiger partial charge is 0.243 e. The summed E-state index contributed by atoms with van der Waals surface area (Å²) in [5, 5.41) is 5.60. The van der Waals surface area contributed by atoms with Gasteiger partial charge in [-0.05, 0) is 19.2 Å². The summed E-state index contributed by atoms with van der Waals surface area (Å²) in [6.45, 7) is 1.10. The zero-order valence-electron chi connectivity index (χ0n) is 11.4. The van der Waals surface area contributed by atoms with E-state index in [1.165, 1.54) is 12.1 Å². The van der Waals surface area contributed by atoms with Gasteiger partial charge in [0.05, 0.1) is 10.0 Å². The van der Waals surface area contributed by atoms with Crippen LogP contribution in [0.2, 0.25) is 10.0 Å². The Hall–Kier alpha value is -0.860. The molecule has 0 aliphatic carbocycles. The van der Waals surface area contributed by atoms with Crippen LogP contribution in [0.25, 0.3) is 0 Å². The zero-order chi connectivity index (χ0) is 15.9. The van der Waals surface area contributed by atoms with Gasteiger partial charge in [0.15, 0.2) is 0 Å². The number of halogens is 2. The molecule has 118 valence electrons. The van der Waals surface area contributed by atoms with Crippen LogP contribution in [0.4, 0.5) is 0 Å². The maximum Gasteiger partial charge on any atom is 0.243 e. The van der Waals surface area contributed by atoms with Crippen LogP contribution in [0.3, 0.4) is 0 Å². The normalized spacial score (nSPS) is 11.4. The highest BCUT2D eigenvalue weighted by Gasteiger charge is 2.21. The summed E-state index contributed by atoms with van der Waals surface area (Å²) >= 11 is 11.7. The van der Waals surface area contributed by atoms with Crippen LogP contribution >= 0.6 is 23.2 Å². The Labute approximate surface area is 134 Å². The van der Waals surface area contributed by atoms with Gasteiger partial charge in [-0.25, -0.2) is 13.1 Å². The number of hydrogen-bond acceptors (Lipinski definition) is 4. The van der Waals surface area contributed by atoms with E-state index in [4.69, 9.17) is 23.2 Å². The lowest BCUT2D eigenvalue weighted by atomic mass is 10.4. The van der Waals surface area contributed by atoms with E-state index in [1.807, 2.05) is 0 Å². The fourth-order valence-corrected chi connectivity index (χ4v) is 3.70. The minimum Gasteiger partial charge on any atom is -0.355 e. The molecule has 6 nitrogen and oxygen atoms in total. The van der Waals surface area contributed by atoms with E-state index < -0.39 is 10.0 Å². The Balaban J connectivity index is 2.56. The third-order valence-corrected chi connectivity index (χ3v) is 4.94. The van der Waals surface area contributed by atoms with E-state index in [0.717, 1.165) is 0 Å². The van der Waals surface area contributed by atoms with Crippen molar-refractivity contribution in [1.82, 2.24) is 15.4 Å². The van der Waals surface area contributed by atoms with Gasteiger partial charge in [0.1, 0.15) is 4.90 Å². The number of amides is 1. The van der Waals surface area contributed by atoms with Gasteiger partial charge in [0.25, 0.3) is 0 Å². The highest BCUT2D eigenvalue weighted by molar-refractivity contribution is 7.89. The van der Waals surface area contributed by atoms with E-state index in [1.54, 1.807) is 13.1 Å². The Morgan fingerprint density at radius 3 is 2.33 bits per heavy atom. The van der Waals surface area contributed by atoms with Crippen molar-refractivity contribution in [1.29, 1.82) is 0 Å². The summed E-state index contributed by atoms with van der Waals surface area (Å²) in [6, 6.07) is 4.43. The maximum absolute atomic E-state index is 12.1. The quantitative estimate of drug-likeness (QED) is 0.608. The molecular formula is C12H17Cl2N3O3S. The van der Waals surface area contributed by atoms with E-state index in [-0.39, 0.29) is 33.8 Å². The number of rotatable bonds is 8. The van der Waals surface area contributed by atoms with Gasteiger partial charge >= 0.3 is 0 Å². The molecule has 1 rings (SSSR count). The minimum atomic E-state index is -3.85. The second kappa shape index (κ2) is 8.55. The van der Waals surface area contributed by atoms with Crippen LogP contribution < -0.4 is 15.4 Å². The second-order valence-corrected chi connectivity index (χ2v) is 6.67. The molecule has 0 fully saturated rings. The summed E-state index contributed by atoms with van der Waals surface area (Å²) < 4.78 is 26.5. The highest BCUT2D eigenvalue weighted by Crippen LogP contribution is 2.28. The largest absolute Gasteiger partial charge is 0.355 e. The first-order chi connectivity index (χ1) is 9.88. The average Bonchev–Trinajstić information content (AvgIpc) is 2.38. The predicted octanol–water partition coefficient (Wildman–Crippen LogP) is 0.997. The fraction of sp³-hybridized carbons (Fsp3) is 0.417. The molecule has 0 spiro atoms. The molecule has 1 aromatic rings. The number of likely N-dealkylation sites (N-methyl/N-ethyl adjacent to an activating group) is 1. The molecule has 0 heterocycles. The van der Waals surface area contributed by atoms with Crippen LogP contribution in [-0.4, -0.2) is 41.0 Å². The van der Waals surface area contributed by atoms with E-state index in [9.17, 15) is 13.2 Å². The number of nitrogens with one attached hydrogen (secondary N) is 3. The lowest BCUT2D eigenvalue weighted by molar-refractivity contribution is -0.120. The number of benzene rings is 1. The molecule has 0 aliphatic rings. The topological polar surface area (TPSA) is 87.3 Å². The molecule has 0 bridgehead atoms. The zero-order valence-corrected chi connectivity index (χ0v) is 13.8. The highest BCUT2D eigenvalue weighted by atomic mass is 35.5. The van der Waals surface area contributed by atoms with Crippen molar-refractivity contribution in [3.8, 4) is 0 Å². The van der Waals surface area contributed by atoms with E-state index >= 15 is 0 Å². The molecule has 0 unspecified atom stereocenters. The third kappa shape index (κ3) is 5.80. The molecule has 1 amide bonds. The summed E-state index contributed by atoms with van der Waals surface area (Å²) in [5.74, 6) is -0.238. The van der Waals surface area contributed by atoms with Gasteiger partial charge in [-0.3, -0.25) is 4.79 Å². The first kappa shape index (κ1) is 18.2. The molecule has 3 N–H and O–H groups in total. The fourth-order valence-electron chi connectivity index (χ4n) is 1.53. The SMILES string of the molecule is CNCCNC(=O)CCNS(=O)(=O)c1c(Cl)cccc1Cl. The van der Waals surface area contributed by atoms with Crippen molar-refractivity contribution in [3.05, 3.63) is 28.2 Å². The lowest BCUT2D eigenvalue weighted by Gasteiger charge is -2.10. The molecule has 9 heteroatoms. The van der Waals surface area contributed by atoms with Gasteiger partial charge < -0.3 is 10.6 Å². The van der Waals surface area contributed by atoms with Gasteiger partial charge in [-0.2, -0.15) is 0 Å². The maximum atomic E-state index is 12.1. The summed E-state index contributed by atoms with van der Waals surface area (Å²) in [5.41, 5.74) is 0. The number of sulfonamides is 1. The predicted molar refractivity (Wildman–Crippen MR) is 83.2 cm³/mol. The van der Waals surface area contributed by atoms with Crippen molar-refractivity contribution in [3.63, 3.8) is 0 Å². The van der Waals surface area contributed by atoms with Crippen LogP contribution in [0.1, 0.15) is 6.42 Å². The molecule has 21 heavy (non-hydrogen) atoms. The van der Waals surface area contributed by atoms with Crippen molar-refractivity contribution < 1.29 is 13.2 Å². The molecule has 0 atom stereocenters. The standard InChI is InChI=1S/C12H17Cl2N3O3S/c1-15-7-8-16-11(18)5-6-17-21(19,20)12-9(13)3-2-4-10(12)14/h2-4,15,17H,5-8H2,1H3,(H,16,18). The Morgan fingerprint density at radius 1 is 1.14 bits per heavy atom. The summed E-state index contributed by atoms with van der Waals surface area (Å²) in [6.07, 6.45) is 0.0328. The second-order valence-electron chi connectivity index (χ2n) is 4.15. The summed E-state index contributed by atoms with van der Waals surface area (Å²) in [7, 11) is -2.08. The van der Waals surface area contributed by atoms with Gasteiger partial charge in [-0.1, -0.05) is 29.3 Å². The van der Waals surface area contributed by atoms with Crippen molar-refractivity contribution in [2.45, 2.75) is 11.3 Å². The Morgan fingerprint density at radius 2 is 1.76 bits per heavy atom. The molecular weight excluding hydrogens is 337 g/mol. The molecule has 0 aliphatic heterocycles. The van der Waals surface area contributed by atoms with Crippen LogP contribution in [-0.2, 0) is 14.8 Å². The Bertz CT molecular complexity index is 573. The number of hydrogen-bond donors (Lipinski definition) is 3. The van der Waals surface area contributed by atoms with Crippen LogP contribution in [0.5, 0.6) is 0 Å². The summed E-state index contributed by atoms with van der Waals surface area (Å²) in [4.78, 5) is 11.3. The number of carbonyl (C=O) groups excluding carboxylic acids is 1. The molecule has 0 saturated heterocycles. The Kier molecular flexibility index (Phi) is 7.41. The molecule has 1 aromatic carbocycles. The van der Waals surface area contributed by atoms with E-state index in [0.29, 0.717) is 13.1 Å². The average molecular weight is 354 g/mol. The third-order valence-electron chi connectivity index (χ3n) is 2.53. The first-order valence-electron chi connectivity index (χ1n) is 6.23.